The highest BCUT2D eigenvalue weighted by molar-refractivity contribution is 7.18. The first-order chi connectivity index (χ1) is 17.4. The van der Waals surface area contributed by atoms with Crippen molar-refractivity contribution in [1.29, 1.82) is 0 Å². The average Bonchev–Trinajstić information content (AvgIpc) is 3.35. The third-order valence-corrected chi connectivity index (χ3v) is 6.68. The summed E-state index contributed by atoms with van der Waals surface area (Å²) in [7, 11) is 1.59. The smallest absolute Gasteiger partial charge is 0.319 e. The fourth-order valence-corrected chi connectivity index (χ4v) is 4.34. The Morgan fingerprint density at radius 3 is 2.50 bits per heavy atom. The fourth-order valence-electron chi connectivity index (χ4n) is 3.30. The molecule has 0 spiro atoms. The quantitative estimate of drug-likeness (QED) is 0.258. The summed E-state index contributed by atoms with van der Waals surface area (Å²) in [6, 6.07) is 20.0. The Labute approximate surface area is 221 Å². The van der Waals surface area contributed by atoms with Crippen LogP contribution in [0, 0.1) is 0 Å². The first kappa shape index (κ1) is 25.4. The van der Waals surface area contributed by atoms with Crippen molar-refractivity contribution >= 4 is 57.3 Å². The highest BCUT2D eigenvalue weighted by Crippen LogP contribution is 2.29. The normalized spacial score (nSPS) is 11.4. The van der Waals surface area contributed by atoms with Gasteiger partial charge in [-0.1, -0.05) is 77.0 Å². The number of anilines is 2. The second-order valence-corrected chi connectivity index (χ2v) is 9.40. The van der Waals surface area contributed by atoms with Crippen molar-refractivity contribution in [3.63, 3.8) is 0 Å². The number of ether oxygens (including phenoxy) is 1. The van der Waals surface area contributed by atoms with Gasteiger partial charge in [0.1, 0.15) is 16.8 Å². The van der Waals surface area contributed by atoms with Crippen molar-refractivity contribution in [2.45, 2.75) is 12.5 Å². The first-order valence-electron chi connectivity index (χ1n) is 10.8. The molecule has 3 aromatic carbocycles. The van der Waals surface area contributed by atoms with Crippen molar-refractivity contribution in [2.24, 2.45) is 0 Å². The van der Waals surface area contributed by atoms with Crippen molar-refractivity contribution < 1.29 is 14.3 Å². The molecule has 1 atom stereocenters. The molecule has 0 saturated carbocycles. The van der Waals surface area contributed by atoms with Crippen LogP contribution in [-0.4, -0.2) is 35.3 Å². The second kappa shape index (κ2) is 11.9. The highest BCUT2D eigenvalue weighted by Gasteiger charge is 2.23. The Morgan fingerprint density at radius 2 is 1.75 bits per heavy atom. The summed E-state index contributed by atoms with van der Waals surface area (Å²) >= 11 is 13.2. The summed E-state index contributed by atoms with van der Waals surface area (Å²) in [4.78, 5) is 25.9. The minimum atomic E-state index is -0.889. The third kappa shape index (κ3) is 6.72. The van der Waals surface area contributed by atoms with Crippen LogP contribution in [0.4, 0.5) is 15.6 Å². The number of rotatable bonds is 8. The molecule has 0 bridgehead atoms. The molecule has 11 heteroatoms. The minimum absolute atomic E-state index is 0.267. The molecule has 0 aliphatic heterocycles. The maximum Gasteiger partial charge on any atom is 0.319 e. The summed E-state index contributed by atoms with van der Waals surface area (Å²) in [6.07, 6.45) is 0.267. The van der Waals surface area contributed by atoms with Crippen LogP contribution in [0.5, 0.6) is 5.75 Å². The van der Waals surface area contributed by atoms with E-state index in [1.807, 2.05) is 54.6 Å². The van der Waals surface area contributed by atoms with Gasteiger partial charge in [0.05, 0.1) is 17.2 Å². The maximum absolute atomic E-state index is 13.2. The van der Waals surface area contributed by atoms with Crippen molar-refractivity contribution in [2.75, 3.05) is 17.7 Å². The van der Waals surface area contributed by atoms with Crippen LogP contribution < -0.4 is 20.7 Å². The molecule has 0 aliphatic carbocycles. The highest BCUT2D eigenvalue weighted by atomic mass is 35.5. The number of nitrogens with zero attached hydrogens (tertiary/aromatic N) is 2. The molecule has 3 amide bonds. The van der Waals surface area contributed by atoms with Gasteiger partial charge in [-0.15, -0.1) is 10.2 Å². The van der Waals surface area contributed by atoms with E-state index < -0.39 is 18.0 Å². The van der Waals surface area contributed by atoms with Crippen molar-refractivity contribution in [1.82, 2.24) is 15.5 Å². The van der Waals surface area contributed by atoms with Crippen LogP contribution in [0.25, 0.3) is 10.6 Å². The number of benzene rings is 3. The van der Waals surface area contributed by atoms with Gasteiger partial charge in [0, 0.05) is 17.7 Å². The summed E-state index contributed by atoms with van der Waals surface area (Å²) in [5, 5.41) is 18.0. The van der Waals surface area contributed by atoms with Crippen molar-refractivity contribution in [3.05, 3.63) is 88.4 Å². The van der Waals surface area contributed by atoms with Crippen LogP contribution in [0.1, 0.15) is 5.56 Å². The molecule has 4 aromatic rings. The zero-order chi connectivity index (χ0) is 25.5. The Morgan fingerprint density at radius 1 is 0.944 bits per heavy atom. The summed E-state index contributed by atoms with van der Waals surface area (Å²) in [6.45, 7) is 0. The number of aromatic nitrogens is 2. The van der Waals surface area contributed by atoms with E-state index >= 15 is 0 Å². The predicted octanol–water partition coefficient (Wildman–Crippen LogP) is 5.89. The topological polar surface area (TPSA) is 105 Å². The first-order valence-corrected chi connectivity index (χ1v) is 12.3. The number of carbonyl (C=O) groups is 2. The number of amides is 3. The molecule has 0 aliphatic rings. The maximum atomic E-state index is 13.2. The molecule has 0 saturated heterocycles. The van der Waals surface area contributed by atoms with Crippen molar-refractivity contribution in [3.8, 4) is 16.3 Å². The molecule has 0 fully saturated rings. The Balaban J connectivity index is 1.48. The molecular formula is C25H21Cl2N5O3S. The van der Waals surface area contributed by atoms with Crippen LogP contribution in [0.2, 0.25) is 10.0 Å². The van der Waals surface area contributed by atoms with E-state index in [-0.39, 0.29) is 6.42 Å². The molecule has 1 aromatic heterocycles. The molecule has 3 N–H and O–H groups in total. The van der Waals surface area contributed by atoms with Crippen LogP contribution in [0.3, 0.4) is 0 Å². The van der Waals surface area contributed by atoms with Gasteiger partial charge in [-0.2, -0.15) is 0 Å². The van der Waals surface area contributed by atoms with E-state index in [0.29, 0.717) is 31.6 Å². The minimum Gasteiger partial charge on any atom is -0.497 e. The summed E-state index contributed by atoms with van der Waals surface area (Å²) < 4.78 is 5.25. The van der Waals surface area contributed by atoms with E-state index in [1.165, 1.54) is 17.4 Å². The molecule has 1 unspecified atom stereocenters. The summed E-state index contributed by atoms with van der Waals surface area (Å²) in [5.74, 6) is 0.255. The van der Waals surface area contributed by atoms with Crippen LogP contribution in [0.15, 0.2) is 72.8 Å². The lowest BCUT2D eigenvalue weighted by Gasteiger charge is -2.18. The number of nitrogens with one attached hydrogen (secondary N) is 3. The fraction of sp³-hybridized carbons (Fsp3) is 0.120. The number of methoxy groups -OCH3 is 1. The van der Waals surface area contributed by atoms with Gasteiger partial charge in [0.15, 0.2) is 0 Å². The van der Waals surface area contributed by atoms with Gasteiger partial charge in [0.2, 0.25) is 11.0 Å². The van der Waals surface area contributed by atoms with Gasteiger partial charge >= 0.3 is 6.03 Å². The Bertz CT molecular complexity index is 1370. The van der Waals surface area contributed by atoms with E-state index in [1.54, 1.807) is 19.2 Å². The van der Waals surface area contributed by atoms with Gasteiger partial charge < -0.3 is 15.4 Å². The second-order valence-electron chi connectivity index (χ2n) is 7.60. The SMILES string of the molecule is COc1cccc(-c2nnc(NC(=O)C(Cc3ccccc3)NC(=O)Nc3ccc(Cl)c(Cl)c3)s2)c1. The average molecular weight is 542 g/mol. The van der Waals surface area contributed by atoms with E-state index in [0.717, 1.165) is 11.1 Å². The molecule has 8 nitrogen and oxygen atoms in total. The number of carbonyl (C=O) groups excluding carboxylic acids is 2. The van der Waals surface area contributed by atoms with E-state index in [2.05, 4.69) is 26.1 Å². The van der Waals surface area contributed by atoms with Gasteiger partial charge in [-0.3, -0.25) is 10.1 Å². The number of hydrogen-bond acceptors (Lipinski definition) is 6. The molecule has 184 valence electrons. The molecule has 0 radical (unpaired) electrons. The monoisotopic (exact) mass is 541 g/mol. The molecule has 1 heterocycles. The van der Waals surface area contributed by atoms with E-state index in [4.69, 9.17) is 27.9 Å². The van der Waals surface area contributed by atoms with Gasteiger partial charge in [-0.05, 0) is 35.9 Å². The lowest BCUT2D eigenvalue weighted by Crippen LogP contribution is -2.46. The molecule has 4 rings (SSSR count). The zero-order valence-electron chi connectivity index (χ0n) is 19.0. The van der Waals surface area contributed by atoms with Gasteiger partial charge in [-0.25, -0.2) is 4.79 Å². The molecule has 36 heavy (non-hydrogen) atoms. The lowest BCUT2D eigenvalue weighted by molar-refractivity contribution is -0.117. The van der Waals surface area contributed by atoms with Crippen LogP contribution >= 0.6 is 34.5 Å². The largest absolute Gasteiger partial charge is 0.497 e. The standard InChI is InChI=1S/C25H21Cl2N5O3S/c1-35-18-9-5-8-16(13-18)23-31-32-25(36-23)30-22(33)21(12-15-6-3-2-4-7-15)29-24(34)28-17-10-11-19(26)20(27)14-17/h2-11,13-14,21H,12H2,1H3,(H2,28,29,34)(H,30,32,33). The molecular weight excluding hydrogens is 521 g/mol. The number of urea groups is 1. The van der Waals surface area contributed by atoms with E-state index in [9.17, 15) is 9.59 Å². The van der Waals surface area contributed by atoms with Gasteiger partial charge in [0.25, 0.3) is 0 Å². The number of halogens is 2. The lowest BCUT2D eigenvalue weighted by atomic mass is 10.1. The summed E-state index contributed by atoms with van der Waals surface area (Å²) in [5.41, 5.74) is 2.13. The Kier molecular flexibility index (Phi) is 8.37. The van der Waals surface area contributed by atoms with Crippen LogP contribution in [-0.2, 0) is 11.2 Å². The number of hydrogen-bond donors (Lipinski definition) is 3. The Hall–Kier alpha value is -3.66. The predicted molar refractivity (Wildman–Crippen MR) is 143 cm³/mol. The third-order valence-electron chi connectivity index (χ3n) is 5.05. The zero-order valence-corrected chi connectivity index (χ0v) is 21.3.